The molecule has 0 unspecified atom stereocenters. The maximum Gasteiger partial charge on any atom is 0.265 e. The molecule has 19 heavy (non-hydrogen) atoms. The third-order valence-electron chi connectivity index (χ3n) is 3.98. The summed E-state index contributed by atoms with van der Waals surface area (Å²) in [7, 11) is 0. The largest absolute Gasteiger partial charge is 0.296 e. The predicted molar refractivity (Wildman–Crippen MR) is 76.4 cm³/mol. The van der Waals surface area contributed by atoms with Crippen LogP contribution in [0.2, 0.25) is 0 Å². The van der Waals surface area contributed by atoms with Gasteiger partial charge in [0.2, 0.25) is 0 Å². The number of hydrogen-bond donors (Lipinski definition) is 2. The van der Waals surface area contributed by atoms with E-state index >= 15 is 0 Å². The van der Waals surface area contributed by atoms with E-state index in [2.05, 4.69) is 17.2 Å². The molecule has 0 radical (unpaired) electrons. The number of nitrogens with one attached hydrogen (secondary N) is 1. The predicted octanol–water partition coefficient (Wildman–Crippen LogP) is 2.05. The Labute approximate surface area is 114 Å². The standard InChI is InChI=1S/C15H23N3O/c1-2-18(14-5-3-4-6-14)11-12-7-9-13(10-8-12)15(19)17-16/h7-10,14H,2-6,11,16H2,1H3,(H,17,19). The number of rotatable bonds is 5. The Morgan fingerprint density at radius 3 is 2.47 bits per heavy atom. The smallest absolute Gasteiger partial charge is 0.265 e. The van der Waals surface area contributed by atoms with E-state index in [1.807, 2.05) is 24.3 Å². The van der Waals surface area contributed by atoms with Crippen molar-refractivity contribution in [3.8, 4) is 0 Å². The number of hydrazine groups is 1. The topological polar surface area (TPSA) is 58.4 Å². The van der Waals surface area contributed by atoms with Crippen LogP contribution in [-0.2, 0) is 6.54 Å². The van der Waals surface area contributed by atoms with Gasteiger partial charge in [0.15, 0.2) is 0 Å². The Morgan fingerprint density at radius 2 is 1.95 bits per heavy atom. The number of carbonyl (C=O) groups excluding carboxylic acids is 1. The van der Waals surface area contributed by atoms with Gasteiger partial charge in [-0.15, -0.1) is 0 Å². The first-order chi connectivity index (χ1) is 9.24. The summed E-state index contributed by atoms with van der Waals surface area (Å²) in [4.78, 5) is 13.9. The van der Waals surface area contributed by atoms with Crippen molar-refractivity contribution in [2.24, 2.45) is 5.84 Å². The summed E-state index contributed by atoms with van der Waals surface area (Å²) in [5.41, 5.74) is 4.01. The molecule has 1 aliphatic carbocycles. The van der Waals surface area contributed by atoms with Crippen molar-refractivity contribution in [2.45, 2.75) is 45.2 Å². The molecule has 0 aliphatic heterocycles. The van der Waals surface area contributed by atoms with Gasteiger partial charge in [0, 0.05) is 18.2 Å². The number of nitrogens with zero attached hydrogens (tertiary/aromatic N) is 1. The molecule has 0 aromatic heterocycles. The van der Waals surface area contributed by atoms with Gasteiger partial charge in [-0.3, -0.25) is 15.1 Å². The molecule has 2 rings (SSSR count). The zero-order valence-corrected chi connectivity index (χ0v) is 11.6. The summed E-state index contributed by atoms with van der Waals surface area (Å²) < 4.78 is 0. The molecule has 104 valence electrons. The van der Waals surface area contributed by atoms with Crippen LogP contribution in [-0.4, -0.2) is 23.4 Å². The normalized spacial score (nSPS) is 15.9. The number of benzene rings is 1. The third kappa shape index (κ3) is 3.55. The zero-order chi connectivity index (χ0) is 13.7. The first-order valence-corrected chi connectivity index (χ1v) is 7.08. The summed E-state index contributed by atoms with van der Waals surface area (Å²) >= 11 is 0. The molecular weight excluding hydrogens is 238 g/mol. The van der Waals surface area contributed by atoms with Crippen molar-refractivity contribution in [1.29, 1.82) is 0 Å². The fraction of sp³-hybridized carbons (Fsp3) is 0.533. The number of hydrogen-bond acceptors (Lipinski definition) is 3. The minimum absolute atomic E-state index is 0.241. The van der Waals surface area contributed by atoms with Crippen molar-refractivity contribution in [3.05, 3.63) is 35.4 Å². The number of nitrogen functional groups attached to an aromatic ring is 1. The summed E-state index contributed by atoms with van der Waals surface area (Å²) in [6, 6.07) is 8.43. The van der Waals surface area contributed by atoms with Crippen molar-refractivity contribution in [1.82, 2.24) is 10.3 Å². The molecule has 0 saturated heterocycles. The van der Waals surface area contributed by atoms with Gasteiger partial charge in [-0.05, 0) is 37.1 Å². The van der Waals surface area contributed by atoms with Gasteiger partial charge in [-0.25, -0.2) is 5.84 Å². The molecule has 1 aromatic carbocycles. The highest BCUT2D eigenvalue weighted by Crippen LogP contribution is 2.24. The molecule has 1 aliphatic rings. The van der Waals surface area contributed by atoms with Crippen molar-refractivity contribution in [3.63, 3.8) is 0 Å². The van der Waals surface area contributed by atoms with Crippen LogP contribution in [0.3, 0.4) is 0 Å². The lowest BCUT2D eigenvalue weighted by Crippen LogP contribution is -2.32. The fourth-order valence-corrected chi connectivity index (χ4v) is 2.85. The summed E-state index contributed by atoms with van der Waals surface area (Å²) in [6.45, 7) is 4.26. The number of carbonyl (C=O) groups is 1. The number of nitrogens with two attached hydrogens (primary N) is 1. The molecule has 0 spiro atoms. The monoisotopic (exact) mass is 261 g/mol. The molecule has 0 bridgehead atoms. The molecule has 1 fully saturated rings. The maximum absolute atomic E-state index is 11.4. The highest BCUT2D eigenvalue weighted by molar-refractivity contribution is 5.93. The Hall–Kier alpha value is -1.39. The van der Waals surface area contributed by atoms with Gasteiger partial charge in [-0.2, -0.15) is 0 Å². The quantitative estimate of drug-likeness (QED) is 0.484. The van der Waals surface area contributed by atoms with Crippen LogP contribution in [0.15, 0.2) is 24.3 Å². The van der Waals surface area contributed by atoms with Gasteiger partial charge in [0.05, 0.1) is 0 Å². The first-order valence-electron chi connectivity index (χ1n) is 7.08. The zero-order valence-electron chi connectivity index (χ0n) is 11.6. The summed E-state index contributed by atoms with van der Waals surface area (Å²) in [5.74, 6) is 4.88. The van der Waals surface area contributed by atoms with Crippen LogP contribution >= 0.6 is 0 Å². The lowest BCUT2D eigenvalue weighted by Gasteiger charge is -2.27. The Kier molecular flexibility index (Phi) is 4.93. The van der Waals surface area contributed by atoms with Crippen LogP contribution in [0, 0.1) is 0 Å². The number of amides is 1. The Balaban J connectivity index is 1.99. The second kappa shape index (κ2) is 6.68. The molecular formula is C15H23N3O. The van der Waals surface area contributed by atoms with Gasteiger partial charge in [0.1, 0.15) is 0 Å². The van der Waals surface area contributed by atoms with E-state index in [9.17, 15) is 4.79 Å². The highest BCUT2D eigenvalue weighted by atomic mass is 16.2. The Bertz CT molecular complexity index is 410. The van der Waals surface area contributed by atoms with Gasteiger partial charge >= 0.3 is 0 Å². The minimum atomic E-state index is -0.241. The van der Waals surface area contributed by atoms with E-state index in [-0.39, 0.29) is 5.91 Å². The van der Waals surface area contributed by atoms with Crippen LogP contribution < -0.4 is 11.3 Å². The minimum Gasteiger partial charge on any atom is -0.296 e. The molecule has 4 heteroatoms. The molecule has 4 nitrogen and oxygen atoms in total. The van der Waals surface area contributed by atoms with Crippen LogP contribution in [0.5, 0.6) is 0 Å². The van der Waals surface area contributed by atoms with Crippen LogP contribution in [0.25, 0.3) is 0 Å². The van der Waals surface area contributed by atoms with Crippen molar-refractivity contribution < 1.29 is 4.79 Å². The second-order valence-electron chi connectivity index (χ2n) is 5.17. The summed E-state index contributed by atoms with van der Waals surface area (Å²) in [5, 5.41) is 0. The lowest BCUT2D eigenvalue weighted by atomic mass is 10.1. The average Bonchev–Trinajstić information content (AvgIpc) is 2.98. The van der Waals surface area contributed by atoms with Crippen LogP contribution in [0.1, 0.15) is 48.5 Å². The fourth-order valence-electron chi connectivity index (χ4n) is 2.85. The molecule has 0 atom stereocenters. The van der Waals surface area contributed by atoms with Gasteiger partial charge in [0.25, 0.3) is 5.91 Å². The first kappa shape index (κ1) is 14.0. The van der Waals surface area contributed by atoms with Gasteiger partial charge < -0.3 is 0 Å². The Morgan fingerprint density at radius 1 is 1.32 bits per heavy atom. The van der Waals surface area contributed by atoms with E-state index < -0.39 is 0 Å². The second-order valence-corrected chi connectivity index (χ2v) is 5.17. The van der Waals surface area contributed by atoms with Gasteiger partial charge in [-0.1, -0.05) is 31.9 Å². The van der Waals surface area contributed by atoms with E-state index in [1.54, 1.807) is 0 Å². The lowest BCUT2D eigenvalue weighted by molar-refractivity contribution is 0.0953. The van der Waals surface area contributed by atoms with E-state index in [0.717, 1.165) is 19.1 Å². The van der Waals surface area contributed by atoms with E-state index in [4.69, 9.17) is 5.84 Å². The summed E-state index contributed by atoms with van der Waals surface area (Å²) in [6.07, 6.45) is 5.36. The molecule has 3 N–H and O–H groups in total. The molecule has 1 saturated carbocycles. The van der Waals surface area contributed by atoms with Crippen molar-refractivity contribution in [2.75, 3.05) is 6.54 Å². The molecule has 1 aromatic rings. The third-order valence-corrected chi connectivity index (χ3v) is 3.98. The average molecular weight is 261 g/mol. The van der Waals surface area contributed by atoms with Crippen molar-refractivity contribution >= 4 is 5.91 Å². The molecule has 1 amide bonds. The molecule has 0 heterocycles. The van der Waals surface area contributed by atoms with E-state index in [1.165, 1.54) is 31.2 Å². The van der Waals surface area contributed by atoms with Crippen LogP contribution in [0.4, 0.5) is 0 Å². The highest BCUT2D eigenvalue weighted by Gasteiger charge is 2.21. The maximum atomic E-state index is 11.4. The SMILES string of the molecule is CCN(Cc1ccc(C(=O)NN)cc1)C1CCCC1. The van der Waals surface area contributed by atoms with E-state index in [0.29, 0.717) is 5.56 Å².